The fraction of sp³-hybridized carbons (Fsp3) is 0.385. The molecule has 2 aromatic carbocycles. The van der Waals surface area contributed by atoms with Crippen LogP contribution in [0.15, 0.2) is 92.3 Å². The van der Waals surface area contributed by atoms with Crippen molar-refractivity contribution in [2.75, 3.05) is 18.1 Å². The normalized spacial score (nSPS) is 15.5. The summed E-state index contributed by atoms with van der Waals surface area (Å²) in [6.07, 6.45) is 14.4. The van der Waals surface area contributed by atoms with Crippen LogP contribution in [-0.2, 0) is 11.2 Å². The Balaban J connectivity index is 0. The minimum absolute atomic E-state index is 0.212. The number of halogens is 6. The number of hydrogen-bond acceptors (Lipinski definition) is 7. The Morgan fingerprint density at radius 3 is 2.04 bits per heavy atom. The van der Waals surface area contributed by atoms with Gasteiger partial charge in [-0.15, -0.1) is 6.58 Å². The number of nitrogens with one attached hydrogen (secondary N) is 2. The first-order chi connectivity index (χ1) is 25.4. The average Bonchev–Trinajstić information content (AvgIpc) is 3.51. The van der Waals surface area contributed by atoms with Gasteiger partial charge in [0.05, 0.1) is 12.2 Å². The summed E-state index contributed by atoms with van der Waals surface area (Å²) in [7, 11) is 0. The van der Waals surface area contributed by atoms with Crippen molar-refractivity contribution in [3.8, 4) is 0 Å². The van der Waals surface area contributed by atoms with Crippen molar-refractivity contribution < 1.29 is 28.9 Å². The first kappa shape index (κ1) is 56.6. The molecule has 1 aliphatic rings. The van der Waals surface area contributed by atoms with Crippen molar-refractivity contribution in [2.24, 2.45) is 0 Å². The number of carbonyl (C=O) groups is 2. The highest BCUT2D eigenvalue weighted by Crippen LogP contribution is 3.15. The largest absolute Gasteiger partial charge is 0.375 e. The predicted molar refractivity (Wildman–Crippen MR) is 276 cm³/mol. The number of ether oxygens (including phenoxy) is 1. The van der Waals surface area contributed by atoms with E-state index in [1.54, 1.807) is 48.6 Å². The molecule has 2 atom stereocenters. The molecular formula is C39H56FI5N4O5S. The predicted octanol–water partition coefficient (Wildman–Crippen LogP) is 13.2. The molecule has 0 spiro atoms. The number of aliphatic hydroxyl groups is 2. The van der Waals surface area contributed by atoms with Crippen molar-refractivity contribution in [1.82, 2.24) is 15.3 Å². The first-order valence-electron chi connectivity index (χ1n) is 17.1. The second kappa shape index (κ2) is 28.8. The number of urea groups is 1. The molecule has 0 bridgehead atoms. The van der Waals surface area contributed by atoms with Gasteiger partial charge in [-0.25, -0.2) is 19.2 Å². The summed E-state index contributed by atoms with van der Waals surface area (Å²) in [4.78, 5) is 30.0. The van der Waals surface area contributed by atoms with Crippen LogP contribution >= 0.6 is 100 Å². The number of allylic oxidation sites excluding steroid dienone is 4. The van der Waals surface area contributed by atoms with E-state index in [1.807, 2.05) is 52.8 Å². The maximum atomic E-state index is 13.6. The average molecular weight is 1350 g/mol. The number of hydrogen-bond donors (Lipinski definition) is 4. The Labute approximate surface area is 387 Å². The van der Waals surface area contributed by atoms with E-state index in [0.29, 0.717) is 41.6 Å². The van der Waals surface area contributed by atoms with E-state index in [-0.39, 0.29) is 18.0 Å². The molecule has 2 unspecified atom stereocenters. The molecule has 310 valence electrons. The number of rotatable bonds is 8. The number of aliphatic hydroxyl groups excluding tert-OH is 1. The Hall–Kier alpha value is -0.510. The third kappa shape index (κ3) is 34.1. The van der Waals surface area contributed by atoms with Crippen molar-refractivity contribution >= 4 is 118 Å². The number of anilines is 1. The molecule has 0 saturated carbocycles. The fourth-order valence-corrected chi connectivity index (χ4v) is 4.09. The standard InChI is InChI=1S/C14H17FO2.C9H14N4O.C7H8O2.C5H8.C3H6.CH3I5S/c1-10-5-6-12(17-10)7-8-13-11(9-16)3-2-4-14(13)15;1-4-10-9(14)13-8-6(2)7(3)11-5-12-8;8-7(9)6-4-2-1-3-5-6;1-3-5-4-2;1-3-2;1-7(2,3,4,5)6/h2-4,9-10,12H,5-8H2,1H3;5H,4H2,1-3H3,(H2,10,11,12,13,14);1-5,7-9H;3-5H,1H2,2H3;3H,1H2,2H3;1H3/b;;;5-4-;;. The van der Waals surface area contributed by atoms with Crippen LogP contribution in [0.2, 0.25) is 0 Å². The van der Waals surface area contributed by atoms with E-state index < -0.39 is 0.441 Å². The van der Waals surface area contributed by atoms with Crippen molar-refractivity contribution in [3.05, 3.63) is 126 Å². The van der Waals surface area contributed by atoms with E-state index in [2.05, 4.69) is 153 Å². The highest BCUT2D eigenvalue weighted by atomic mass is 127. The topological polar surface area (TPSA) is 134 Å². The number of aldehydes is 1. The lowest BCUT2D eigenvalue weighted by Crippen LogP contribution is -2.29. The number of nitrogens with zero attached hydrogens (tertiary/aromatic N) is 2. The Bertz CT molecular complexity index is 1600. The van der Waals surface area contributed by atoms with Crippen LogP contribution in [0.3, 0.4) is 0 Å². The summed E-state index contributed by atoms with van der Waals surface area (Å²) < 4.78 is 17.7. The summed E-state index contributed by atoms with van der Waals surface area (Å²) in [5.74, 6) is 0.268. The van der Waals surface area contributed by atoms with E-state index >= 15 is 0 Å². The maximum Gasteiger partial charge on any atom is 0.320 e. The molecule has 2 heterocycles. The van der Waals surface area contributed by atoms with Crippen LogP contribution in [0.25, 0.3) is 0 Å². The Morgan fingerprint density at radius 2 is 1.62 bits per heavy atom. The molecular weight excluding hydrogens is 1290 g/mol. The highest BCUT2D eigenvalue weighted by molar-refractivity contribution is 14.7. The van der Waals surface area contributed by atoms with Crippen LogP contribution in [0.5, 0.6) is 0 Å². The molecule has 16 heteroatoms. The zero-order valence-corrected chi connectivity index (χ0v) is 44.1. The quantitative estimate of drug-likeness (QED) is 0.0580. The summed E-state index contributed by atoms with van der Waals surface area (Å²) >= 11 is 12.6. The van der Waals surface area contributed by atoms with E-state index in [4.69, 9.17) is 14.9 Å². The summed E-state index contributed by atoms with van der Waals surface area (Å²) in [6, 6.07) is 13.0. The molecule has 55 heavy (non-hydrogen) atoms. The van der Waals surface area contributed by atoms with E-state index in [0.717, 1.165) is 36.8 Å². The molecule has 1 saturated heterocycles. The van der Waals surface area contributed by atoms with Gasteiger partial charge >= 0.3 is 6.03 Å². The molecule has 2 amide bonds. The molecule has 1 fully saturated rings. The fourth-order valence-electron chi connectivity index (χ4n) is 4.09. The SMILES string of the molecule is C=C/C=C\C.C=CC.CC1CCC(CCc2c(F)cccc2C=O)O1.CCNC(=O)Nc1ncnc(C)c1C.CS(I)(I)(I)(I)I.OC(O)c1ccccc1. The van der Waals surface area contributed by atoms with Gasteiger partial charge < -0.3 is 20.3 Å². The van der Waals surface area contributed by atoms with Crippen molar-refractivity contribution in [1.29, 1.82) is 0 Å². The van der Waals surface area contributed by atoms with Gasteiger partial charge in [-0.2, -0.15) is 0 Å². The van der Waals surface area contributed by atoms with Gasteiger partial charge in [-0.1, -0.05) is 67.5 Å². The second-order valence-electron chi connectivity index (χ2n) is 11.8. The summed E-state index contributed by atoms with van der Waals surface area (Å²) in [5.41, 5.74) is 3.25. The number of carbonyl (C=O) groups excluding carboxylic acids is 2. The Morgan fingerprint density at radius 1 is 1.04 bits per heavy atom. The van der Waals surface area contributed by atoms with E-state index in [9.17, 15) is 14.0 Å². The lowest BCUT2D eigenvalue weighted by molar-refractivity contribution is -0.0424. The van der Waals surface area contributed by atoms with Crippen molar-refractivity contribution in [3.63, 3.8) is 0 Å². The first-order valence-corrected chi connectivity index (χ1v) is 32.7. The molecule has 1 aromatic heterocycles. The second-order valence-corrected chi connectivity index (χ2v) is 105. The van der Waals surface area contributed by atoms with Crippen LogP contribution in [0.1, 0.15) is 86.0 Å². The lowest BCUT2D eigenvalue weighted by atomic mass is 10.00. The lowest BCUT2D eigenvalue weighted by Gasteiger charge is -2.48. The number of aryl methyl sites for hydroxylation is 1. The van der Waals surface area contributed by atoms with Crippen LogP contribution in [0, 0.1) is 19.7 Å². The summed E-state index contributed by atoms with van der Waals surface area (Å²) in [5, 5.41) is 22.4. The summed E-state index contributed by atoms with van der Waals surface area (Å²) in [6.45, 7) is 18.9. The van der Waals surface area contributed by atoms with Gasteiger partial charge in [0.1, 0.15) is 24.2 Å². The number of aromatic nitrogens is 2. The maximum absolute atomic E-state index is 13.6. The van der Waals surface area contributed by atoms with Gasteiger partial charge in [-0.3, -0.25) is 10.1 Å². The van der Waals surface area contributed by atoms with E-state index in [1.165, 1.54) is 12.4 Å². The third-order valence-corrected chi connectivity index (χ3v) is 6.65. The van der Waals surface area contributed by atoms with Gasteiger partial charge in [-0.05, 0) is 191 Å². The molecule has 0 radical (unpaired) electrons. The zero-order chi connectivity index (χ0) is 42.7. The smallest absolute Gasteiger partial charge is 0.320 e. The molecule has 0 aliphatic carbocycles. The zero-order valence-electron chi connectivity index (χ0n) is 32.5. The van der Waals surface area contributed by atoms with Crippen molar-refractivity contribution in [2.45, 2.75) is 85.7 Å². The molecule has 9 nitrogen and oxygen atoms in total. The molecule has 3 aromatic rings. The van der Waals surface area contributed by atoms with Gasteiger partial charge in [0, 0.05) is 28.9 Å². The highest BCUT2D eigenvalue weighted by Gasteiger charge is 2.42. The number of amides is 2. The molecule has 4 N–H and O–H groups in total. The minimum Gasteiger partial charge on any atom is -0.375 e. The van der Waals surface area contributed by atoms with Gasteiger partial charge in [0.2, 0.25) is 0 Å². The minimum atomic E-state index is -1.62. The van der Waals surface area contributed by atoms with Crippen LogP contribution < -0.4 is 10.6 Å². The third-order valence-electron chi connectivity index (χ3n) is 6.65. The van der Waals surface area contributed by atoms with Crippen LogP contribution in [0.4, 0.5) is 15.0 Å². The molecule has 1 aliphatic heterocycles. The van der Waals surface area contributed by atoms with Gasteiger partial charge in [0.15, 0.2) is 6.29 Å². The van der Waals surface area contributed by atoms with Crippen LogP contribution in [-0.4, -0.2) is 57.5 Å². The monoisotopic (exact) mass is 1350 g/mol. The molecule has 4 rings (SSSR count). The Kier molecular flexibility index (Phi) is 29.7. The van der Waals surface area contributed by atoms with Gasteiger partial charge in [0.25, 0.3) is 0 Å². The number of benzene rings is 2.